The average Bonchev–Trinajstić information content (AvgIpc) is 2.42. The summed E-state index contributed by atoms with van der Waals surface area (Å²) in [6.07, 6.45) is 0.580. The van der Waals surface area contributed by atoms with Gasteiger partial charge in [0.05, 0.1) is 0 Å². The van der Waals surface area contributed by atoms with Crippen molar-refractivity contribution in [2.24, 2.45) is 0 Å². The number of rotatable bonds is 4. The van der Waals surface area contributed by atoms with E-state index < -0.39 is 0 Å². The van der Waals surface area contributed by atoms with E-state index in [4.69, 9.17) is 0 Å². The summed E-state index contributed by atoms with van der Waals surface area (Å²) in [5.74, 6) is -0.181. The zero-order chi connectivity index (χ0) is 14.7. The number of halogens is 4. The molecule has 20 heavy (non-hydrogen) atoms. The van der Waals surface area contributed by atoms with Crippen molar-refractivity contribution in [2.75, 3.05) is 7.05 Å². The number of nitrogens with one attached hydrogen (secondary N) is 1. The first-order valence-corrected chi connectivity index (χ1v) is 8.45. The fraction of sp³-hybridized carbons (Fsp3) is 0.200. The molecule has 0 bridgehead atoms. The van der Waals surface area contributed by atoms with Crippen molar-refractivity contribution in [3.8, 4) is 0 Å². The van der Waals surface area contributed by atoms with Crippen molar-refractivity contribution in [1.29, 1.82) is 0 Å². The molecule has 2 aromatic carbocycles. The standard InChI is InChI=1S/C15H13Br3FN/c1-20-15(12-8-11(17)2-4-13(12)18)7-9-6-10(16)3-5-14(9)19/h2-6,8,15,20H,7H2,1H3. The minimum atomic E-state index is -0.181. The second-order valence-electron chi connectivity index (χ2n) is 4.45. The van der Waals surface area contributed by atoms with Crippen LogP contribution >= 0.6 is 47.8 Å². The summed E-state index contributed by atoms with van der Waals surface area (Å²) in [5.41, 5.74) is 1.78. The molecule has 0 saturated carbocycles. The van der Waals surface area contributed by atoms with Gasteiger partial charge in [-0.15, -0.1) is 0 Å². The van der Waals surface area contributed by atoms with Crippen LogP contribution < -0.4 is 5.32 Å². The van der Waals surface area contributed by atoms with Gasteiger partial charge < -0.3 is 5.32 Å². The fourth-order valence-electron chi connectivity index (χ4n) is 2.07. The van der Waals surface area contributed by atoms with Gasteiger partial charge in [-0.3, -0.25) is 0 Å². The van der Waals surface area contributed by atoms with Gasteiger partial charge in [0.25, 0.3) is 0 Å². The van der Waals surface area contributed by atoms with Crippen LogP contribution in [0.4, 0.5) is 4.39 Å². The lowest BCUT2D eigenvalue weighted by Crippen LogP contribution is -2.20. The first-order chi connectivity index (χ1) is 9.51. The summed E-state index contributed by atoms with van der Waals surface area (Å²) in [7, 11) is 1.88. The van der Waals surface area contributed by atoms with Gasteiger partial charge in [0.1, 0.15) is 5.82 Å². The molecule has 0 aliphatic heterocycles. The van der Waals surface area contributed by atoms with Gasteiger partial charge in [0.2, 0.25) is 0 Å². The highest BCUT2D eigenvalue weighted by atomic mass is 79.9. The molecule has 0 amide bonds. The summed E-state index contributed by atoms with van der Waals surface area (Å²) in [4.78, 5) is 0. The molecule has 0 aromatic heterocycles. The van der Waals surface area contributed by atoms with Crippen molar-refractivity contribution in [3.63, 3.8) is 0 Å². The van der Waals surface area contributed by atoms with Crippen LogP contribution in [0.3, 0.4) is 0 Å². The molecule has 0 spiro atoms. The maximum atomic E-state index is 13.9. The van der Waals surface area contributed by atoms with E-state index in [-0.39, 0.29) is 11.9 Å². The highest BCUT2D eigenvalue weighted by Crippen LogP contribution is 2.30. The molecule has 0 aliphatic rings. The van der Waals surface area contributed by atoms with Crippen molar-refractivity contribution < 1.29 is 4.39 Å². The topological polar surface area (TPSA) is 12.0 Å². The predicted molar refractivity (Wildman–Crippen MR) is 91.4 cm³/mol. The van der Waals surface area contributed by atoms with Gasteiger partial charge in [-0.05, 0) is 61.0 Å². The molecule has 106 valence electrons. The third-order valence-electron chi connectivity index (χ3n) is 3.11. The second-order valence-corrected chi connectivity index (χ2v) is 7.13. The van der Waals surface area contributed by atoms with Gasteiger partial charge in [0, 0.05) is 19.5 Å². The molecule has 0 fully saturated rings. The maximum Gasteiger partial charge on any atom is 0.126 e. The quantitative estimate of drug-likeness (QED) is 0.618. The smallest absolute Gasteiger partial charge is 0.126 e. The monoisotopic (exact) mass is 463 g/mol. The Bertz CT molecular complexity index is 616. The molecule has 1 atom stereocenters. The van der Waals surface area contributed by atoms with E-state index in [9.17, 15) is 4.39 Å². The second kappa shape index (κ2) is 7.16. The van der Waals surface area contributed by atoms with Crippen molar-refractivity contribution >= 4 is 47.8 Å². The molecule has 0 radical (unpaired) electrons. The number of hydrogen-bond donors (Lipinski definition) is 1. The normalized spacial score (nSPS) is 12.4. The van der Waals surface area contributed by atoms with Crippen LogP contribution in [0.25, 0.3) is 0 Å². The molecule has 1 N–H and O–H groups in total. The molecule has 1 unspecified atom stereocenters. The Kier molecular flexibility index (Phi) is 5.78. The zero-order valence-corrected chi connectivity index (χ0v) is 15.5. The number of likely N-dealkylation sites (N-methyl/N-ethyl adjacent to an activating group) is 1. The van der Waals surface area contributed by atoms with Crippen LogP contribution in [0.1, 0.15) is 17.2 Å². The first kappa shape index (κ1) is 16.1. The minimum absolute atomic E-state index is 0.0330. The van der Waals surface area contributed by atoms with E-state index in [2.05, 4.69) is 53.1 Å². The third kappa shape index (κ3) is 3.91. The van der Waals surface area contributed by atoms with Crippen LogP contribution in [0.2, 0.25) is 0 Å². The van der Waals surface area contributed by atoms with E-state index in [0.29, 0.717) is 12.0 Å². The summed E-state index contributed by atoms with van der Waals surface area (Å²) in [6, 6.07) is 11.1. The highest BCUT2D eigenvalue weighted by molar-refractivity contribution is 9.11. The van der Waals surface area contributed by atoms with Gasteiger partial charge in [0.15, 0.2) is 0 Å². The number of benzene rings is 2. The summed E-state index contributed by atoms with van der Waals surface area (Å²) < 4.78 is 16.8. The number of hydrogen-bond acceptors (Lipinski definition) is 1. The van der Waals surface area contributed by atoms with E-state index in [1.807, 2.05) is 31.3 Å². The Hall–Kier alpha value is -0.230. The molecule has 2 aromatic rings. The lowest BCUT2D eigenvalue weighted by atomic mass is 9.99. The molecular weight excluding hydrogens is 453 g/mol. The van der Waals surface area contributed by atoms with Crippen LogP contribution in [0.15, 0.2) is 49.8 Å². The van der Waals surface area contributed by atoms with Crippen molar-refractivity contribution in [1.82, 2.24) is 5.32 Å². The molecule has 5 heteroatoms. The minimum Gasteiger partial charge on any atom is -0.313 e. The summed E-state index contributed by atoms with van der Waals surface area (Å²) >= 11 is 10.4. The third-order valence-corrected chi connectivity index (χ3v) is 4.82. The Morgan fingerprint density at radius 1 is 1.05 bits per heavy atom. The Morgan fingerprint density at radius 3 is 2.40 bits per heavy atom. The summed E-state index contributed by atoms with van der Waals surface area (Å²) in [5, 5.41) is 3.25. The molecular formula is C15H13Br3FN. The van der Waals surface area contributed by atoms with Crippen LogP contribution in [0.5, 0.6) is 0 Å². The Morgan fingerprint density at radius 2 is 1.70 bits per heavy atom. The van der Waals surface area contributed by atoms with Gasteiger partial charge in [-0.1, -0.05) is 47.8 Å². The molecule has 1 nitrogen and oxygen atoms in total. The van der Waals surface area contributed by atoms with E-state index in [1.165, 1.54) is 6.07 Å². The van der Waals surface area contributed by atoms with Crippen molar-refractivity contribution in [2.45, 2.75) is 12.5 Å². The van der Waals surface area contributed by atoms with Crippen molar-refractivity contribution in [3.05, 3.63) is 66.8 Å². The average molecular weight is 466 g/mol. The molecule has 2 rings (SSSR count). The van der Waals surface area contributed by atoms with Gasteiger partial charge in [-0.25, -0.2) is 4.39 Å². The van der Waals surface area contributed by atoms with E-state index in [1.54, 1.807) is 6.07 Å². The lowest BCUT2D eigenvalue weighted by molar-refractivity contribution is 0.552. The summed E-state index contributed by atoms with van der Waals surface area (Å²) in [6.45, 7) is 0. The van der Waals surface area contributed by atoms with Crippen LogP contribution in [-0.4, -0.2) is 7.05 Å². The molecule has 0 aliphatic carbocycles. The maximum absolute atomic E-state index is 13.9. The zero-order valence-electron chi connectivity index (χ0n) is 10.8. The van der Waals surface area contributed by atoms with Crippen LogP contribution in [-0.2, 0) is 6.42 Å². The van der Waals surface area contributed by atoms with E-state index >= 15 is 0 Å². The van der Waals surface area contributed by atoms with Gasteiger partial charge >= 0.3 is 0 Å². The first-order valence-electron chi connectivity index (χ1n) is 6.07. The predicted octanol–water partition coefficient (Wildman–Crippen LogP) is 5.62. The Labute approximate surface area is 143 Å². The largest absolute Gasteiger partial charge is 0.313 e. The lowest BCUT2D eigenvalue weighted by Gasteiger charge is -2.19. The van der Waals surface area contributed by atoms with Gasteiger partial charge in [-0.2, -0.15) is 0 Å². The molecule has 0 saturated heterocycles. The van der Waals surface area contributed by atoms with Crippen LogP contribution in [0, 0.1) is 5.82 Å². The Balaban J connectivity index is 2.33. The SMILES string of the molecule is CNC(Cc1cc(Br)ccc1F)c1cc(Br)ccc1Br. The molecule has 0 heterocycles. The van der Waals surface area contributed by atoms with E-state index in [0.717, 1.165) is 19.0 Å². The highest BCUT2D eigenvalue weighted by Gasteiger charge is 2.16. The fourth-order valence-corrected chi connectivity index (χ4v) is 3.38.